The van der Waals surface area contributed by atoms with Gasteiger partial charge in [-0.3, -0.25) is 9.69 Å². The molecule has 37 heavy (non-hydrogen) atoms. The zero-order valence-corrected chi connectivity index (χ0v) is 23.0. The highest BCUT2D eigenvalue weighted by Crippen LogP contribution is 2.41. The molecular weight excluding hydrogens is 480 g/mol. The van der Waals surface area contributed by atoms with Gasteiger partial charge in [-0.25, -0.2) is 4.98 Å². The van der Waals surface area contributed by atoms with Gasteiger partial charge < -0.3 is 10.1 Å². The molecule has 5 rings (SSSR count). The lowest BCUT2D eigenvalue weighted by Gasteiger charge is -2.18. The minimum absolute atomic E-state index is 0.00779. The van der Waals surface area contributed by atoms with Gasteiger partial charge >= 0.3 is 0 Å². The molecule has 194 valence electrons. The van der Waals surface area contributed by atoms with Crippen LogP contribution < -0.4 is 10.1 Å². The Kier molecular flexibility index (Phi) is 8.96. The van der Waals surface area contributed by atoms with E-state index in [0.717, 1.165) is 41.4 Å². The van der Waals surface area contributed by atoms with E-state index in [9.17, 15) is 10.1 Å². The Hall–Kier alpha value is -3.21. The molecule has 0 saturated carbocycles. The van der Waals surface area contributed by atoms with Gasteiger partial charge in [0.05, 0.1) is 29.1 Å². The van der Waals surface area contributed by atoms with E-state index >= 15 is 0 Å². The topological polar surface area (TPSA) is 78.2 Å². The van der Waals surface area contributed by atoms with E-state index in [1.807, 2.05) is 52.1 Å². The van der Waals surface area contributed by atoms with Crippen LogP contribution in [0.3, 0.4) is 0 Å². The van der Waals surface area contributed by atoms with Crippen LogP contribution in [0.5, 0.6) is 5.75 Å². The Morgan fingerprint density at radius 3 is 2.76 bits per heavy atom. The maximum absolute atomic E-state index is 12.6. The molecule has 2 heterocycles. The summed E-state index contributed by atoms with van der Waals surface area (Å²) in [7, 11) is 0. The van der Waals surface area contributed by atoms with E-state index in [-0.39, 0.29) is 18.1 Å². The smallest absolute Gasteiger partial charge is 0.234 e. The minimum Gasteiger partial charge on any atom is -0.490 e. The highest BCUT2D eigenvalue weighted by molar-refractivity contribution is 7.18. The van der Waals surface area contributed by atoms with Crippen LogP contribution in [-0.2, 0) is 11.2 Å². The molecule has 1 aromatic heterocycles. The highest BCUT2D eigenvalue weighted by atomic mass is 32.1. The Morgan fingerprint density at radius 1 is 1.24 bits per heavy atom. The van der Waals surface area contributed by atoms with E-state index in [2.05, 4.69) is 39.5 Å². The van der Waals surface area contributed by atoms with Crippen molar-refractivity contribution >= 4 is 17.2 Å². The number of benzene rings is 2. The molecule has 0 spiro atoms. The molecule has 1 N–H and O–H groups in total. The molecule has 1 amide bonds. The van der Waals surface area contributed by atoms with E-state index in [1.54, 1.807) is 11.3 Å². The van der Waals surface area contributed by atoms with Crippen molar-refractivity contribution in [2.75, 3.05) is 19.6 Å². The van der Waals surface area contributed by atoms with Gasteiger partial charge in [-0.2, -0.15) is 5.26 Å². The van der Waals surface area contributed by atoms with Crippen LogP contribution in [0.25, 0.3) is 21.0 Å². The quantitative estimate of drug-likeness (QED) is 0.395. The number of amides is 1. The van der Waals surface area contributed by atoms with E-state index in [4.69, 9.17) is 4.74 Å². The Morgan fingerprint density at radius 2 is 2.03 bits per heavy atom. The molecule has 3 aromatic rings. The van der Waals surface area contributed by atoms with Gasteiger partial charge in [0, 0.05) is 11.8 Å². The number of carbonyl (C=O) groups is 1. The fraction of sp³-hybridized carbons (Fsp3) is 0.433. The normalized spacial score (nSPS) is 16.6. The van der Waals surface area contributed by atoms with Crippen molar-refractivity contribution in [2.24, 2.45) is 0 Å². The first-order valence-corrected chi connectivity index (χ1v) is 14.1. The van der Waals surface area contributed by atoms with Crippen LogP contribution in [0.4, 0.5) is 0 Å². The third kappa shape index (κ3) is 6.20. The van der Waals surface area contributed by atoms with Gasteiger partial charge in [0.2, 0.25) is 5.91 Å². The maximum Gasteiger partial charge on any atom is 0.234 e. The summed E-state index contributed by atoms with van der Waals surface area (Å²) in [5.41, 5.74) is 5.12. The zero-order valence-electron chi connectivity index (χ0n) is 22.2. The molecule has 1 atom stereocenters. The molecule has 7 heteroatoms. The molecule has 1 aliphatic carbocycles. The molecule has 1 fully saturated rings. The monoisotopic (exact) mass is 516 g/mol. The average molecular weight is 517 g/mol. The number of carbonyl (C=O) groups excluding carboxylic acids is 1. The SMILES string of the molecule is CC.CC(C)Oc1ccc(-c2ncc(-c3cccc4c3CCC4NC(=O)CN3CCCC3)s2)cc1C#N. The van der Waals surface area contributed by atoms with Crippen molar-refractivity contribution in [1.29, 1.82) is 5.26 Å². The second-order valence-electron chi connectivity index (χ2n) is 9.53. The summed E-state index contributed by atoms with van der Waals surface area (Å²) in [6.07, 6.45) is 6.16. The summed E-state index contributed by atoms with van der Waals surface area (Å²) >= 11 is 1.63. The first-order chi connectivity index (χ1) is 18.0. The van der Waals surface area contributed by atoms with Crippen LogP contribution in [-0.4, -0.2) is 41.5 Å². The number of hydrogen-bond donors (Lipinski definition) is 1. The van der Waals surface area contributed by atoms with E-state index in [0.29, 0.717) is 17.9 Å². The molecule has 6 nitrogen and oxygen atoms in total. The van der Waals surface area contributed by atoms with Crippen molar-refractivity contribution in [3.05, 3.63) is 59.3 Å². The Labute approximate surface area is 224 Å². The second kappa shape index (κ2) is 12.4. The van der Waals surface area contributed by atoms with E-state index < -0.39 is 0 Å². The largest absolute Gasteiger partial charge is 0.490 e. The maximum atomic E-state index is 12.6. The van der Waals surface area contributed by atoms with Gasteiger partial charge in [-0.15, -0.1) is 11.3 Å². The lowest BCUT2D eigenvalue weighted by atomic mass is 10.0. The van der Waals surface area contributed by atoms with Gasteiger partial charge in [0.1, 0.15) is 16.8 Å². The van der Waals surface area contributed by atoms with Crippen molar-refractivity contribution in [3.8, 4) is 32.8 Å². The molecule has 1 aliphatic heterocycles. The van der Waals surface area contributed by atoms with Crippen LogP contribution >= 0.6 is 11.3 Å². The van der Waals surface area contributed by atoms with Crippen molar-refractivity contribution in [1.82, 2.24) is 15.2 Å². The number of thiazole rings is 1. The first kappa shape index (κ1) is 26.8. The lowest BCUT2D eigenvalue weighted by molar-refractivity contribution is -0.122. The van der Waals surface area contributed by atoms with Gasteiger partial charge in [0.15, 0.2) is 0 Å². The summed E-state index contributed by atoms with van der Waals surface area (Å²) in [5, 5.41) is 13.7. The number of fused-ring (bicyclic) bond motifs is 1. The van der Waals surface area contributed by atoms with Gasteiger partial charge in [0.25, 0.3) is 0 Å². The number of aromatic nitrogens is 1. The van der Waals surface area contributed by atoms with Crippen molar-refractivity contribution in [3.63, 3.8) is 0 Å². The second-order valence-corrected chi connectivity index (χ2v) is 10.6. The zero-order chi connectivity index (χ0) is 26.4. The van der Waals surface area contributed by atoms with Crippen LogP contribution in [0.15, 0.2) is 42.6 Å². The summed E-state index contributed by atoms with van der Waals surface area (Å²) in [5.74, 6) is 0.718. The van der Waals surface area contributed by atoms with Crippen LogP contribution in [0.1, 0.15) is 69.7 Å². The van der Waals surface area contributed by atoms with Crippen LogP contribution in [0.2, 0.25) is 0 Å². The number of nitriles is 1. The molecule has 0 bridgehead atoms. The fourth-order valence-corrected chi connectivity index (χ4v) is 6.02. The summed E-state index contributed by atoms with van der Waals surface area (Å²) in [6.45, 7) is 10.4. The first-order valence-electron chi connectivity index (χ1n) is 13.3. The summed E-state index contributed by atoms with van der Waals surface area (Å²) < 4.78 is 5.75. The lowest BCUT2D eigenvalue weighted by Crippen LogP contribution is -2.37. The third-order valence-corrected chi connectivity index (χ3v) is 7.73. The minimum atomic E-state index is 0.00779. The van der Waals surface area contributed by atoms with E-state index in [1.165, 1.54) is 29.5 Å². The number of nitrogens with one attached hydrogen (secondary N) is 1. The molecule has 1 unspecified atom stereocenters. The number of hydrogen-bond acceptors (Lipinski definition) is 6. The molecule has 2 aromatic carbocycles. The molecule has 1 saturated heterocycles. The highest BCUT2D eigenvalue weighted by Gasteiger charge is 2.27. The molecule has 0 radical (unpaired) electrons. The standard InChI is InChI=1S/C28H30N4O2S.C2H6/c1-18(2)34-25-11-8-19(14-20(25)15-29)28-30-16-26(35-28)23-7-5-6-22-21(23)9-10-24(22)31-27(33)17-32-12-3-4-13-32;1-2/h5-8,11,14,16,18,24H,3-4,9-10,12-13,17H2,1-2H3,(H,31,33);1-2H3. The Balaban J connectivity index is 0.00000156. The van der Waals surface area contributed by atoms with Crippen molar-refractivity contribution in [2.45, 2.75) is 65.5 Å². The molecule has 2 aliphatic rings. The van der Waals surface area contributed by atoms with Gasteiger partial charge in [-0.05, 0) is 87.5 Å². The fourth-order valence-electron chi connectivity index (χ4n) is 5.06. The Bertz CT molecular complexity index is 1270. The number of rotatable bonds is 7. The van der Waals surface area contributed by atoms with Crippen molar-refractivity contribution < 1.29 is 9.53 Å². The summed E-state index contributed by atoms with van der Waals surface area (Å²) in [4.78, 5) is 20.6. The number of nitrogens with zero attached hydrogens (tertiary/aromatic N) is 3. The summed E-state index contributed by atoms with van der Waals surface area (Å²) in [6, 6.07) is 14.3. The van der Waals surface area contributed by atoms with Gasteiger partial charge in [-0.1, -0.05) is 32.0 Å². The number of likely N-dealkylation sites (tertiary alicyclic amines) is 1. The number of ether oxygens (including phenoxy) is 1. The average Bonchev–Trinajstić information content (AvgIpc) is 3.67. The molecular formula is C30H36N4O2S. The van der Waals surface area contributed by atoms with Crippen LogP contribution in [0, 0.1) is 11.3 Å². The predicted molar refractivity (Wildman–Crippen MR) is 150 cm³/mol. The predicted octanol–water partition coefficient (Wildman–Crippen LogP) is 6.36. The third-order valence-electron chi connectivity index (χ3n) is 6.65.